The van der Waals surface area contributed by atoms with Crippen LogP contribution in [-0.4, -0.2) is 30.6 Å². The van der Waals surface area contributed by atoms with Crippen molar-refractivity contribution >= 4 is 17.3 Å². The highest BCUT2D eigenvalue weighted by molar-refractivity contribution is 6.33. The molecule has 1 aliphatic rings. The van der Waals surface area contributed by atoms with Crippen molar-refractivity contribution in [3.05, 3.63) is 28.8 Å². The van der Waals surface area contributed by atoms with Crippen LogP contribution in [0.5, 0.6) is 0 Å². The number of likely N-dealkylation sites (tertiary alicyclic amines) is 1. The van der Waals surface area contributed by atoms with Crippen molar-refractivity contribution in [3.63, 3.8) is 0 Å². The molecular weight excluding hydrogens is 270 g/mol. The number of anilines is 1. The molecule has 1 aromatic carbocycles. The van der Waals surface area contributed by atoms with Gasteiger partial charge in [0, 0.05) is 12.6 Å². The summed E-state index contributed by atoms with van der Waals surface area (Å²) >= 11 is 6.21. The van der Waals surface area contributed by atoms with Gasteiger partial charge in [-0.05, 0) is 57.0 Å². The van der Waals surface area contributed by atoms with Gasteiger partial charge in [0.25, 0.3) is 0 Å². The maximum atomic E-state index is 8.97. The van der Waals surface area contributed by atoms with Crippen LogP contribution in [0.4, 0.5) is 5.69 Å². The molecular formula is C16H22ClN3. The van der Waals surface area contributed by atoms with Crippen molar-refractivity contribution in [1.82, 2.24) is 4.90 Å². The fraction of sp³-hybridized carbons (Fsp3) is 0.562. The highest BCUT2D eigenvalue weighted by Gasteiger charge is 2.17. The minimum Gasteiger partial charge on any atom is -0.381 e. The number of nitriles is 1. The van der Waals surface area contributed by atoms with Gasteiger partial charge in [-0.25, -0.2) is 0 Å². The van der Waals surface area contributed by atoms with Gasteiger partial charge in [-0.15, -0.1) is 0 Å². The molecule has 1 aromatic rings. The predicted molar refractivity (Wildman–Crippen MR) is 84.2 cm³/mol. The predicted octanol–water partition coefficient (Wildman–Crippen LogP) is 3.89. The second-order valence-corrected chi connectivity index (χ2v) is 5.83. The van der Waals surface area contributed by atoms with Gasteiger partial charge < -0.3 is 10.2 Å². The lowest BCUT2D eigenvalue weighted by Gasteiger charge is -2.20. The zero-order valence-corrected chi connectivity index (χ0v) is 12.8. The smallest absolute Gasteiger partial charge is 0.0992 e. The second-order valence-electron chi connectivity index (χ2n) is 5.42. The van der Waals surface area contributed by atoms with E-state index in [0.717, 1.165) is 25.1 Å². The quantitative estimate of drug-likeness (QED) is 0.915. The molecule has 1 unspecified atom stereocenters. The van der Waals surface area contributed by atoms with E-state index >= 15 is 0 Å². The molecule has 4 heteroatoms. The molecule has 0 aliphatic carbocycles. The topological polar surface area (TPSA) is 39.1 Å². The molecule has 20 heavy (non-hydrogen) atoms. The molecule has 0 radical (unpaired) electrons. The van der Waals surface area contributed by atoms with E-state index in [-0.39, 0.29) is 0 Å². The van der Waals surface area contributed by atoms with Gasteiger partial charge in [-0.1, -0.05) is 18.5 Å². The number of rotatable bonds is 4. The third kappa shape index (κ3) is 4.13. The highest BCUT2D eigenvalue weighted by Crippen LogP contribution is 2.25. The van der Waals surface area contributed by atoms with Gasteiger partial charge in [-0.2, -0.15) is 5.26 Å². The molecule has 3 nitrogen and oxygen atoms in total. The third-order valence-corrected chi connectivity index (χ3v) is 4.15. The Labute approximate surface area is 126 Å². The molecule has 1 N–H and O–H groups in total. The minimum atomic E-state index is 0.447. The summed E-state index contributed by atoms with van der Waals surface area (Å²) < 4.78 is 0. The monoisotopic (exact) mass is 291 g/mol. The van der Waals surface area contributed by atoms with E-state index in [9.17, 15) is 0 Å². The molecule has 2 rings (SSSR count). The Morgan fingerprint density at radius 3 is 3.00 bits per heavy atom. The molecule has 0 saturated carbocycles. The van der Waals surface area contributed by atoms with E-state index < -0.39 is 0 Å². The molecule has 1 fully saturated rings. The maximum absolute atomic E-state index is 8.97. The Kier molecular flexibility index (Phi) is 5.70. The van der Waals surface area contributed by atoms with E-state index in [1.807, 2.05) is 6.07 Å². The molecule has 0 bridgehead atoms. The standard InChI is InChI=1S/C16H22ClN3/c1-2-8-20-9-3-4-14(7-10-20)19-16-11-13(12-18)5-6-15(16)17/h5-6,11,14,19H,2-4,7-10H2,1H3. The Morgan fingerprint density at radius 2 is 2.25 bits per heavy atom. The van der Waals surface area contributed by atoms with Crippen LogP contribution < -0.4 is 5.32 Å². The molecule has 108 valence electrons. The summed E-state index contributed by atoms with van der Waals surface area (Å²) in [5.41, 5.74) is 1.54. The fourth-order valence-corrected chi connectivity index (χ4v) is 2.94. The average molecular weight is 292 g/mol. The zero-order valence-electron chi connectivity index (χ0n) is 12.0. The van der Waals surface area contributed by atoms with Crippen LogP contribution in [0.25, 0.3) is 0 Å². The highest BCUT2D eigenvalue weighted by atomic mass is 35.5. The van der Waals surface area contributed by atoms with Crippen molar-refractivity contribution in [2.24, 2.45) is 0 Å². The number of hydrogen-bond donors (Lipinski definition) is 1. The van der Waals surface area contributed by atoms with Gasteiger partial charge in [0.05, 0.1) is 22.3 Å². The minimum absolute atomic E-state index is 0.447. The lowest BCUT2D eigenvalue weighted by atomic mass is 10.1. The number of hydrogen-bond acceptors (Lipinski definition) is 3. The van der Waals surface area contributed by atoms with Crippen LogP contribution in [0.1, 0.15) is 38.2 Å². The van der Waals surface area contributed by atoms with E-state index in [1.54, 1.807) is 12.1 Å². The van der Waals surface area contributed by atoms with Crippen molar-refractivity contribution in [1.29, 1.82) is 5.26 Å². The van der Waals surface area contributed by atoms with Crippen molar-refractivity contribution in [2.75, 3.05) is 25.0 Å². The van der Waals surface area contributed by atoms with Crippen molar-refractivity contribution < 1.29 is 0 Å². The molecule has 1 saturated heterocycles. The summed E-state index contributed by atoms with van der Waals surface area (Å²) in [6.45, 7) is 5.75. The van der Waals surface area contributed by atoms with E-state index in [0.29, 0.717) is 16.6 Å². The SMILES string of the molecule is CCCN1CCCC(Nc2cc(C#N)ccc2Cl)CC1. The second kappa shape index (κ2) is 7.52. The van der Waals surface area contributed by atoms with Crippen LogP contribution in [0.3, 0.4) is 0 Å². The van der Waals surface area contributed by atoms with Crippen LogP contribution in [0.15, 0.2) is 18.2 Å². The number of nitrogens with one attached hydrogen (secondary N) is 1. The zero-order chi connectivity index (χ0) is 14.4. The Bertz CT molecular complexity index is 481. The fourth-order valence-electron chi connectivity index (χ4n) is 2.77. The largest absolute Gasteiger partial charge is 0.381 e. The van der Waals surface area contributed by atoms with Crippen LogP contribution >= 0.6 is 11.6 Å². The molecule has 0 spiro atoms. The first-order chi connectivity index (χ1) is 9.72. The van der Waals surface area contributed by atoms with Crippen LogP contribution in [0.2, 0.25) is 5.02 Å². The molecule has 1 heterocycles. The summed E-state index contributed by atoms with van der Waals surface area (Å²) in [5, 5.41) is 13.2. The molecule has 0 aromatic heterocycles. The molecule has 1 atom stereocenters. The number of benzene rings is 1. The summed E-state index contributed by atoms with van der Waals surface area (Å²) in [5.74, 6) is 0. The molecule has 0 amide bonds. The van der Waals surface area contributed by atoms with Crippen LogP contribution in [-0.2, 0) is 0 Å². The van der Waals surface area contributed by atoms with Gasteiger partial charge in [0.1, 0.15) is 0 Å². The Balaban J connectivity index is 1.98. The Morgan fingerprint density at radius 1 is 1.40 bits per heavy atom. The first-order valence-corrected chi connectivity index (χ1v) is 7.79. The normalized spacial score (nSPS) is 20.1. The molecule has 1 aliphatic heterocycles. The first kappa shape index (κ1) is 15.2. The average Bonchev–Trinajstić information content (AvgIpc) is 2.67. The van der Waals surface area contributed by atoms with Gasteiger partial charge >= 0.3 is 0 Å². The summed E-state index contributed by atoms with van der Waals surface area (Å²) in [6, 6.07) is 8.00. The van der Waals surface area contributed by atoms with Crippen LogP contribution in [0, 0.1) is 11.3 Å². The van der Waals surface area contributed by atoms with Crippen molar-refractivity contribution in [2.45, 2.75) is 38.6 Å². The first-order valence-electron chi connectivity index (χ1n) is 7.41. The lowest BCUT2D eigenvalue weighted by Crippen LogP contribution is -2.27. The van der Waals surface area contributed by atoms with E-state index in [1.165, 1.54) is 25.9 Å². The summed E-state index contributed by atoms with van der Waals surface area (Å²) in [4.78, 5) is 2.54. The van der Waals surface area contributed by atoms with E-state index in [2.05, 4.69) is 23.2 Å². The van der Waals surface area contributed by atoms with Gasteiger partial charge in [0.2, 0.25) is 0 Å². The third-order valence-electron chi connectivity index (χ3n) is 3.82. The number of nitrogens with zero attached hydrogens (tertiary/aromatic N) is 2. The van der Waals surface area contributed by atoms with Gasteiger partial charge in [0.15, 0.2) is 0 Å². The van der Waals surface area contributed by atoms with Gasteiger partial charge in [-0.3, -0.25) is 0 Å². The van der Waals surface area contributed by atoms with E-state index in [4.69, 9.17) is 16.9 Å². The summed E-state index contributed by atoms with van der Waals surface area (Å²) in [7, 11) is 0. The maximum Gasteiger partial charge on any atom is 0.0992 e. The van der Waals surface area contributed by atoms with Crippen molar-refractivity contribution in [3.8, 4) is 6.07 Å². The Hall–Kier alpha value is -1.24. The number of halogens is 1. The lowest BCUT2D eigenvalue weighted by molar-refractivity contribution is 0.285. The summed E-state index contributed by atoms with van der Waals surface area (Å²) in [6.07, 6.45) is 4.72.